The summed E-state index contributed by atoms with van der Waals surface area (Å²) >= 11 is 0. The van der Waals surface area contributed by atoms with Crippen LogP contribution >= 0.6 is 0 Å². The van der Waals surface area contributed by atoms with Gasteiger partial charge in [0.1, 0.15) is 11.8 Å². The maximum absolute atomic E-state index is 12.7. The van der Waals surface area contributed by atoms with Crippen molar-refractivity contribution < 1.29 is 24.2 Å². The minimum atomic E-state index is -1.29. The minimum Gasteiger partial charge on any atom is -0.491 e. The van der Waals surface area contributed by atoms with E-state index in [1.807, 2.05) is 13.8 Å². The standard InChI is InChI=1S/C22H28N4O5/c1-13(2)31-17-8-14(3)19(15(4)9-17)20(27)26-18(21(28)29)12-25-22(30)24-11-16-6-5-7-23-10-16/h5-10,13,18H,11-12H2,1-4H3,(H,26,27)(H,28,29)(H2,24,25,30)/t18-/m0/s1. The van der Waals surface area contributed by atoms with Crippen molar-refractivity contribution >= 4 is 17.9 Å². The number of carboxylic acid groups (broad SMARTS) is 1. The molecule has 2 aromatic rings. The van der Waals surface area contributed by atoms with E-state index >= 15 is 0 Å². The topological polar surface area (TPSA) is 130 Å². The van der Waals surface area contributed by atoms with E-state index < -0.39 is 23.9 Å². The van der Waals surface area contributed by atoms with Gasteiger partial charge in [0, 0.05) is 24.5 Å². The summed E-state index contributed by atoms with van der Waals surface area (Å²) in [5, 5.41) is 17.0. The third-order valence-electron chi connectivity index (χ3n) is 4.35. The van der Waals surface area contributed by atoms with Gasteiger partial charge in [-0.05, 0) is 62.6 Å². The van der Waals surface area contributed by atoms with E-state index in [4.69, 9.17) is 4.74 Å². The third kappa shape index (κ3) is 7.29. The molecule has 4 N–H and O–H groups in total. The molecule has 0 aliphatic heterocycles. The summed E-state index contributed by atoms with van der Waals surface area (Å²) < 4.78 is 5.67. The number of carbonyl (C=O) groups excluding carboxylic acids is 2. The van der Waals surface area contributed by atoms with Crippen LogP contribution in [0.3, 0.4) is 0 Å². The Morgan fingerprint density at radius 1 is 1.13 bits per heavy atom. The van der Waals surface area contributed by atoms with Crippen molar-refractivity contribution in [1.29, 1.82) is 0 Å². The average Bonchev–Trinajstić information content (AvgIpc) is 2.69. The molecule has 9 heteroatoms. The maximum atomic E-state index is 12.7. The van der Waals surface area contributed by atoms with Crippen LogP contribution in [0.1, 0.15) is 40.9 Å². The summed E-state index contributed by atoms with van der Waals surface area (Å²) in [6, 6.07) is 5.18. The molecule has 2 rings (SSSR count). The van der Waals surface area contributed by atoms with Crippen molar-refractivity contribution in [2.75, 3.05) is 6.54 Å². The van der Waals surface area contributed by atoms with Crippen molar-refractivity contribution in [2.45, 2.75) is 46.4 Å². The number of urea groups is 1. The van der Waals surface area contributed by atoms with Gasteiger partial charge in [0.05, 0.1) is 12.6 Å². The summed E-state index contributed by atoms with van der Waals surface area (Å²) in [6.07, 6.45) is 3.23. The minimum absolute atomic E-state index is 0.00904. The molecule has 166 valence electrons. The highest BCUT2D eigenvalue weighted by atomic mass is 16.5. The molecule has 0 radical (unpaired) electrons. The molecule has 0 bridgehead atoms. The first-order valence-electron chi connectivity index (χ1n) is 9.89. The summed E-state index contributed by atoms with van der Waals surface area (Å²) in [5.74, 6) is -1.14. The molecule has 1 atom stereocenters. The van der Waals surface area contributed by atoms with Crippen LogP contribution in [0.2, 0.25) is 0 Å². The van der Waals surface area contributed by atoms with Gasteiger partial charge in [-0.2, -0.15) is 0 Å². The summed E-state index contributed by atoms with van der Waals surface area (Å²) in [4.78, 5) is 40.2. The number of aromatic nitrogens is 1. The normalized spacial score (nSPS) is 11.5. The predicted octanol–water partition coefficient (Wildman–Crippen LogP) is 2.17. The zero-order chi connectivity index (χ0) is 23.0. The van der Waals surface area contributed by atoms with Crippen molar-refractivity contribution in [2.24, 2.45) is 0 Å². The van der Waals surface area contributed by atoms with Crippen LogP contribution in [0.15, 0.2) is 36.7 Å². The van der Waals surface area contributed by atoms with Gasteiger partial charge in [0.25, 0.3) is 5.91 Å². The molecule has 3 amide bonds. The predicted molar refractivity (Wildman–Crippen MR) is 115 cm³/mol. The smallest absolute Gasteiger partial charge is 0.328 e. The fraction of sp³-hybridized carbons (Fsp3) is 0.364. The van der Waals surface area contributed by atoms with Crippen LogP contribution < -0.4 is 20.7 Å². The summed E-state index contributed by atoms with van der Waals surface area (Å²) in [6.45, 7) is 7.30. The maximum Gasteiger partial charge on any atom is 0.328 e. The molecule has 0 unspecified atom stereocenters. The molecular formula is C22H28N4O5. The zero-order valence-electron chi connectivity index (χ0n) is 18.1. The number of aryl methyl sites for hydroxylation is 2. The second kappa shape index (κ2) is 11.0. The number of ether oxygens (including phenoxy) is 1. The zero-order valence-corrected chi connectivity index (χ0v) is 18.1. The van der Waals surface area contributed by atoms with Gasteiger partial charge >= 0.3 is 12.0 Å². The average molecular weight is 428 g/mol. The van der Waals surface area contributed by atoms with Crippen LogP contribution in [0.25, 0.3) is 0 Å². The second-order valence-electron chi connectivity index (χ2n) is 7.39. The van der Waals surface area contributed by atoms with Gasteiger partial charge in [-0.25, -0.2) is 9.59 Å². The SMILES string of the molecule is Cc1cc(OC(C)C)cc(C)c1C(=O)N[C@@H](CNC(=O)NCc1cccnc1)C(=O)O. The molecule has 9 nitrogen and oxygen atoms in total. The van der Waals surface area contributed by atoms with E-state index in [0.717, 1.165) is 5.56 Å². The van der Waals surface area contributed by atoms with E-state index in [1.165, 1.54) is 0 Å². The van der Waals surface area contributed by atoms with E-state index in [-0.39, 0.29) is 19.2 Å². The number of aliphatic carboxylic acids is 1. The van der Waals surface area contributed by atoms with Crippen LogP contribution in [-0.4, -0.2) is 46.7 Å². The lowest BCUT2D eigenvalue weighted by Gasteiger charge is -2.19. The second-order valence-corrected chi connectivity index (χ2v) is 7.39. The highest BCUT2D eigenvalue weighted by molar-refractivity contribution is 5.99. The van der Waals surface area contributed by atoms with Gasteiger partial charge in [-0.3, -0.25) is 9.78 Å². The fourth-order valence-corrected chi connectivity index (χ4v) is 2.99. The van der Waals surface area contributed by atoms with Gasteiger partial charge < -0.3 is 25.8 Å². The largest absolute Gasteiger partial charge is 0.491 e. The number of nitrogens with one attached hydrogen (secondary N) is 3. The quantitative estimate of drug-likeness (QED) is 0.484. The lowest BCUT2D eigenvalue weighted by atomic mass is 10.0. The monoisotopic (exact) mass is 428 g/mol. The molecule has 1 aromatic carbocycles. The Labute approximate surface area is 181 Å². The number of carboxylic acids is 1. The molecule has 1 aromatic heterocycles. The van der Waals surface area contributed by atoms with Gasteiger partial charge in [0.2, 0.25) is 0 Å². The number of rotatable bonds is 9. The van der Waals surface area contributed by atoms with Crippen molar-refractivity contribution in [3.05, 3.63) is 58.9 Å². The van der Waals surface area contributed by atoms with E-state index in [1.54, 1.807) is 50.5 Å². The Morgan fingerprint density at radius 2 is 1.81 bits per heavy atom. The van der Waals surface area contributed by atoms with Crippen LogP contribution in [0, 0.1) is 13.8 Å². The number of carbonyl (C=O) groups is 3. The first kappa shape index (κ1) is 23.7. The molecule has 0 saturated heterocycles. The molecule has 0 saturated carbocycles. The Morgan fingerprint density at radius 3 is 2.35 bits per heavy atom. The number of nitrogens with zero attached hydrogens (tertiary/aromatic N) is 1. The molecule has 1 heterocycles. The molecule has 0 spiro atoms. The van der Waals surface area contributed by atoms with Crippen LogP contribution in [-0.2, 0) is 11.3 Å². The Bertz CT molecular complexity index is 908. The highest BCUT2D eigenvalue weighted by Crippen LogP contribution is 2.23. The van der Waals surface area contributed by atoms with Crippen LogP contribution in [0.4, 0.5) is 4.79 Å². The van der Waals surface area contributed by atoms with Crippen molar-refractivity contribution in [3.8, 4) is 5.75 Å². The molecule has 31 heavy (non-hydrogen) atoms. The Kier molecular flexibility index (Phi) is 8.36. The van der Waals surface area contributed by atoms with Crippen molar-refractivity contribution in [1.82, 2.24) is 20.9 Å². The van der Waals surface area contributed by atoms with Crippen molar-refractivity contribution in [3.63, 3.8) is 0 Å². The van der Waals surface area contributed by atoms with Gasteiger partial charge in [-0.15, -0.1) is 0 Å². The highest BCUT2D eigenvalue weighted by Gasteiger charge is 2.23. The van der Waals surface area contributed by atoms with E-state index in [2.05, 4.69) is 20.9 Å². The number of hydrogen-bond donors (Lipinski definition) is 4. The first-order chi connectivity index (χ1) is 14.7. The number of amides is 3. The molecule has 0 aliphatic rings. The molecular weight excluding hydrogens is 400 g/mol. The number of hydrogen-bond acceptors (Lipinski definition) is 5. The summed E-state index contributed by atoms with van der Waals surface area (Å²) in [5.41, 5.74) is 2.51. The van der Waals surface area contributed by atoms with Crippen LogP contribution in [0.5, 0.6) is 5.75 Å². The number of benzene rings is 1. The molecule has 0 fully saturated rings. The van der Waals surface area contributed by atoms with E-state index in [9.17, 15) is 19.5 Å². The Balaban J connectivity index is 1.97. The number of pyridine rings is 1. The van der Waals surface area contributed by atoms with Gasteiger partial charge in [-0.1, -0.05) is 6.07 Å². The summed E-state index contributed by atoms with van der Waals surface area (Å²) in [7, 11) is 0. The molecule has 0 aliphatic carbocycles. The first-order valence-corrected chi connectivity index (χ1v) is 9.89. The Hall–Kier alpha value is -3.62. The lowest BCUT2D eigenvalue weighted by molar-refractivity contribution is -0.139. The third-order valence-corrected chi connectivity index (χ3v) is 4.35. The van der Waals surface area contributed by atoms with E-state index in [0.29, 0.717) is 22.4 Å². The lowest BCUT2D eigenvalue weighted by Crippen LogP contribution is -2.50. The van der Waals surface area contributed by atoms with Gasteiger partial charge in [0.15, 0.2) is 0 Å². The fourth-order valence-electron chi connectivity index (χ4n) is 2.99.